The SMILES string of the molecule is O=C(CSc1nnc(-c2ccncc2)n1-c1ccc(F)cc1)NC1CCCc2ccccc21. The van der Waals surface area contributed by atoms with Crippen LogP contribution in [0.2, 0.25) is 0 Å². The Hall–Kier alpha value is -3.52. The van der Waals surface area contributed by atoms with Gasteiger partial charge in [-0.2, -0.15) is 0 Å². The molecule has 2 heterocycles. The van der Waals surface area contributed by atoms with Gasteiger partial charge in [0.2, 0.25) is 5.91 Å². The first kappa shape index (κ1) is 21.3. The molecule has 1 unspecified atom stereocenters. The maximum Gasteiger partial charge on any atom is 0.230 e. The van der Waals surface area contributed by atoms with E-state index in [0.717, 1.165) is 30.5 Å². The smallest absolute Gasteiger partial charge is 0.230 e. The number of nitrogens with zero attached hydrogens (tertiary/aromatic N) is 4. The van der Waals surface area contributed by atoms with E-state index in [1.807, 2.05) is 28.8 Å². The average molecular weight is 460 g/mol. The maximum absolute atomic E-state index is 13.5. The number of pyridine rings is 1. The molecular weight excluding hydrogens is 437 g/mol. The lowest BCUT2D eigenvalue weighted by atomic mass is 9.88. The Kier molecular flexibility index (Phi) is 6.17. The van der Waals surface area contributed by atoms with E-state index < -0.39 is 0 Å². The summed E-state index contributed by atoms with van der Waals surface area (Å²) in [5.41, 5.74) is 4.06. The number of aromatic nitrogens is 4. The second kappa shape index (κ2) is 9.54. The lowest BCUT2D eigenvalue weighted by Gasteiger charge is -2.26. The average Bonchev–Trinajstić information content (AvgIpc) is 3.28. The van der Waals surface area contributed by atoms with Gasteiger partial charge in [0.1, 0.15) is 5.82 Å². The van der Waals surface area contributed by atoms with Gasteiger partial charge in [0.15, 0.2) is 11.0 Å². The van der Waals surface area contributed by atoms with Crippen molar-refractivity contribution in [1.29, 1.82) is 0 Å². The highest BCUT2D eigenvalue weighted by atomic mass is 32.2. The van der Waals surface area contributed by atoms with Gasteiger partial charge in [-0.25, -0.2) is 4.39 Å². The van der Waals surface area contributed by atoms with Crippen LogP contribution in [0.5, 0.6) is 0 Å². The number of nitrogens with one attached hydrogen (secondary N) is 1. The number of aryl methyl sites for hydroxylation is 1. The lowest BCUT2D eigenvalue weighted by molar-refractivity contribution is -0.119. The molecule has 0 spiro atoms. The van der Waals surface area contributed by atoms with Crippen LogP contribution in [0.25, 0.3) is 17.1 Å². The van der Waals surface area contributed by atoms with Gasteiger partial charge >= 0.3 is 0 Å². The van der Waals surface area contributed by atoms with Crippen molar-refractivity contribution < 1.29 is 9.18 Å². The zero-order chi connectivity index (χ0) is 22.6. The molecule has 0 radical (unpaired) electrons. The summed E-state index contributed by atoms with van der Waals surface area (Å²) in [5, 5.41) is 12.4. The molecule has 1 amide bonds. The highest BCUT2D eigenvalue weighted by Crippen LogP contribution is 2.31. The van der Waals surface area contributed by atoms with E-state index in [2.05, 4.69) is 32.6 Å². The number of thioether (sulfide) groups is 1. The van der Waals surface area contributed by atoms with Crippen molar-refractivity contribution in [3.05, 3.63) is 90.0 Å². The largest absolute Gasteiger partial charge is 0.349 e. The Labute approximate surface area is 195 Å². The number of fused-ring (bicyclic) bond motifs is 1. The van der Waals surface area contributed by atoms with Crippen molar-refractivity contribution in [2.24, 2.45) is 0 Å². The number of hydrogen-bond acceptors (Lipinski definition) is 5. The predicted molar refractivity (Wildman–Crippen MR) is 126 cm³/mol. The van der Waals surface area contributed by atoms with E-state index in [0.29, 0.717) is 11.0 Å². The number of amides is 1. The van der Waals surface area contributed by atoms with Crippen LogP contribution >= 0.6 is 11.8 Å². The monoisotopic (exact) mass is 459 g/mol. The van der Waals surface area contributed by atoms with Crippen LogP contribution in [0.4, 0.5) is 4.39 Å². The summed E-state index contributed by atoms with van der Waals surface area (Å²) >= 11 is 1.31. The molecule has 8 heteroatoms. The van der Waals surface area contributed by atoms with Crippen molar-refractivity contribution in [1.82, 2.24) is 25.1 Å². The molecular formula is C25H22FN5OS. The van der Waals surface area contributed by atoms with Gasteiger partial charge in [-0.15, -0.1) is 10.2 Å². The fourth-order valence-electron chi connectivity index (χ4n) is 4.14. The number of rotatable bonds is 6. The van der Waals surface area contributed by atoms with Crippen LogP contribution in [0, 0.1) is 5.82 Å². The number of carbonyl (C=O) groups excluding carboxylic acids is 1. The first-order valence-corrected chi connectivity index (χ1v) is 11.8. The molecule has 1 aliphatic rings. The Morgan fingerprint density at radius 3 is 2.67 bits per heavy atom. The highest BCUT2D eigenvalue weighted by molar-refractivity contribution is 7.99. The summed E-state index contributed by atoms with van der Waals surface area (Å²) in [6.45, 7) is 0. The van der Waals surface area contributed by atoms with Crippen LogP contribution in [0.1, 0.15) is 30.0 Å². The van der Waals surface area contributed by atoms with E-state index >= 15 is 0 Å². The first-order valence-electron chi connectivity index (χ1n) is 10.8. The standard InChI is InChI=1S/C25H22FN5OS/c26-19-8-10-20(11-9-19)31-24(18-12-14-27-15-13-18)29-30-25(31)33-16-23(32)28-22-7-3-5-17-4-1-2-6-21(17)22/h1-2,4,6,8-15,22H,3,5,7,16H2,(H,28,32). The van der Waals surface area contributed by atoms with Crippen molar-refractivity contribution >= 4 is 17.7 Å². The third-order valence-corrected chi connectivity index (χ3v) is 6.62. The first-order chi connectivity index (χ1) is 16.2. The summed E-state index contributed by atoms with van der Waals surface area (Å²) in [5.74, 6) is 0.432. The van der Waals surface area contributed by atoms with Crippen LogP contribution < -0.4 is 5.32 Å². The Balaban J connectivity index is 1.36. The molecule has 6 nitrogen and oxygen atoms in total. The van der Waals surface area contributed by atoms with Crippen molar-refractivity contribution in [2.75, 3.05) is 5.75 Å². The number of halogens is 1. The molecule has 0 bridgehead atoms. The quantitative estimate of drug-likeness (QED) is 0.421. The molecule has 1 atom stereocenters. The van der Waals surface area contributed by atoms with Gasteiger partial charge < -0.3 is 5.32 Å². The van der Waals surface area contributed by atoms with Crippen molar-refractivity contribution in [2.45, 2.75) is 30.5 Å². The third-order valence-electron chi connectivity index (χ3n) is 5.69. The lowest BCUT2D eigenvalue weighted by Crippen LogP contribution is -2.32. The molecule has 2 aromatic carbocycles. The van der Waals surface area contributed by atoms with E-state index in [9.17, 15) is 9.18 Å². The van der Waals surface area contributed by atoms with Crippen LogP contribution in [0.3, 0.4) is 0 Å². The topological polar surface area (TPSA) is 72.7 Å². The van der Waals surface area contributed by atoms with Crippen molar-refractivity contribution in [3.8, 4) is 17.1 Å². The minimum absolute atomic E-state index is 0.0328. The Bertz CT molecular complexity index is 1260. The second-order valence-corrected chi connectivity index (χ2v) is 8.80. The van der Waals surface area contributed by atoms with Crippen LogP contribution in [0.15, 0.2) is 78.2 Å². The van der Waals surface area contributed by atoms with Gasteiger partial charge in [0, 0.05) is 23.6 Å². The van der Waals surface area contributed by atoms with Crippen molar-refractivity contribution in [3.63, 3.8) is 0 Å². The number of benzene rings is 2. The zero-order valence-corrected chi connectivity index (χ0v) is 18.6. The molecule has 5 rings (SSSR count). The Morgan fingerprint density at radius 1 is 1.06 bits per heavy atom. The molecule has 0 aliphatic heterocycles. The molecule has 1 N–H and O–H groups in total. The minimum Gasteiger partial charge on any atom is -0.349 e. The normalized spacial score (nSPS) is 15.1. The van der Waals surface area contributed by atoms with Gasteiger partial charge in [-0.3, -0.25) is 14.3 Å². The highest BCUT2D eigenvalue weighted by Gasteiger charge is 2.22. The van der Waals surface area contributed by atoms with E-state index in [1.54, 1.807) is 24.5 Å². The van der Waals surface area contributed by atoms with Gasteiger partial charge in [0.25, 0.3) is 0 Å². The molecule has 33 heavy (non-hydrogen) atoms. The third kappa shape index (κ3) is 4.66. The van der Waals surface area contributed by atoms with Crippen LogP contribution in [-0.4, -0.2) is 31.4 Å². The van der Waals surface area contributed by atoms with Gasteiger partial charge in [-0.1, -0.05) is 36.0 Å². The molecule has 0 fully saturated rings. The molecule has 4 aromatic rings. The summed E-state index contributed by atoms with van der Waals surface area (Å²) in [6.07, 6.45) is 6.41. The maximum atomic E-state index is 13.5. The number of hydrogen-bond donors (Lipinski definition) is 1. The fraction of sp³-hybridized carbons (Fsp3) is 0.200. The summed E-state index contributed by atoms with van der Waals surface area (Å²) in [4.78, 5) is 16.9. The summed E-state index contributed by atoms with van der Waals surface area (Å²) in [6, 6.07) is 18.1. The number of carbonyl (C=O) groups is 1. The molecule has 0 saturated heterocycles. The molecule has 166 valence electrons. The predicted octanol–water partition coefficient (Wildman–Crippen LogP) is 4.75. The zero-order valence-electron chi connectivity index (χ0n) is 17.8. The van der Waals surface area contributed by atoms with E-state index in [4.69, 9.17) is 0 Å². The molecule has 2 aromatic heterocycles. The molecule has 1 aliphatic carbocycles. The summed E-state index contributed by atoms with van der Waals surface area (Å²) in [7, 11) is 0. The second-order valence-electron chi connectivity index (χ2n) is 7.85. The van der Waals surface area contributed by atoms with Gasteiger partial charge in [0.05, 0.1) is 11.8 Å². The fourth-order valence-corrected chi connectivity index (χ4v) is 4.91. The van der Waals surface area contributed by atoms with Crippen LogP contribution in [-0.2, 0) is 11.2 Å². The van der Waals surface area contributed by atoms with Gasteiger partial charge in [-0.05, 0) is 66.8 Å². The van der Waals surface area contributed by atoms with E-state index in [1.165, 1.54) is 35.0 Å². The van der Waals surface area contributed by atoms with E-state index in [-0.39, 0.29) is 23.5 Å². The minimum atomic E-state index is -0.321. The Morgan fingerprint density at radius 2 is 1.85 bits per heavy atom. The summed E-state index contributed by atoms with van der Waals surface area (Å²) < 4.78 is 15.4. The molecule has 0 saturated carbocycles.